The van der Waals surface area contributed by atoms with Crippen LogP contribution in [0, 0.1) is 0 Å². The molecule has 1 aromatic carbocycles. The van der Waals surface area contributed by atoms with Crippen molar-refractivity contribution in [3.63, 3.8) is 0 Å². The Kier molecular flexibility index (Phi) is 7.42. The number of ketones is 1. The molecule has 0 aliphatic heterocycles. The van der Waals surface area contributed by atoms with E-state index in [-0.39, 0.29) is 52.9 Å². The molecule has 118 valence electrons. The Morgan fingerprint density at radius 2 is 2.00 bits per heavy atom. The third kappa shape index (κ3) is 4.15. The first-order valence-corrected chi connectivity index (χ1v) is 7.16. The summed E-state index contributed by atoms with van der Waals surface area (Å²) in [6.07, 6.45) is 4.69. The number of Topliss-reactive ketones (excluding diaryl/α,β-unsaturated/α-hetero) is 1. The Balaban J connectivity index is 0.00000288. The van der Waals surface area contributed by atoms with E-state index in [9.17, 15) is 14.7 Å². The van der Waals surface area contributed by atoms with Crippen LogP contribution in [-0.4, -0.2) is 5.78 Å². The summed E-state index contributed by atoms with van der Waals surface area (Å²) in [6, 6.07) is 6.54. The molecule has 0 aliphatic rings. The second-order valence-electron chi connectivity index (χ2n) is 5.19. The Bertz CT molecular complexity index is 861. The smallest absolute Gasteiger partial charge is 0.872 e. The average molecular weight is 332 g/mol. The predicted octanol–water partition coefficient (Wildman–Crippen LogP) is 0.232. The summed E-state index contributed by atoms with van der Waals surface area (Å²) in [7, 11) is 0. The summed E-state index contributed by atoms with van der Waals surface area (Å²) in [5, 5.41) is 13.1. The Morgan fingerprint density at radius 3 is 2.58 bits per heavy atom. The molecule has 2 rings (SSSR count). The number of hydrogen-bond acceptors (Lipinski definition) is 4. The maximum Gasteiger partial charge on any atom is 1.00 e. The first-order chi connectivity index (χ1) is 11.0. The third-order valence-electron chi connectivity index (χ3n) is 3.59. The number of rotatable bonds is 6. The van der Waals surface area contributed by atoms with E-state index in [1.54, 1.807) is 30.3 Å². The van der Waals surface area contributed by atoms with Gasteiger partial charge < -0.3 is 9.52 Å². The van der Waals surface area contributed by atoms with E-state index >= 15 is 0 Å². The van der Waals surface area contributed by atoms with Gasteiger partial charge in [0, 0.05) is 23.3 Å². The van der Waals surface area contributed by atoms with Gasteiger partial charge in [-0.2, -0.15) is 0 Å². The number of hydrogen-bond donors (Lipinski definition) is 0. The van der Waals surface area contributed by atoms with Crippen LogP contribution in [0.3, 0.4) is 0 Å². The van der Waals surface area contributed by atoms with Crippen molar-refractivity contribution in [2.75, 3.05) is 0 Å². The normalized spacial score (nSPS) is 12.3. The molecule has 1 heterocycles. The molecule has 0 saturated heterocycles. The van der Waals surface area contributed by atoms with Gasteiger partial charge in [-0.1, -0.05) is 55.3 Å². The van der Waals surface area contributed by atoms with E-state index in [1.165, 1.54) is 19.1 Å². The molecular weight excluding hydrogens is 315 g/mol. The quantitative estimate of drug-likeness (QED) is 0.431. The van der Waals surface area contributed by atoms with Crippen LogP contribution in [0.25, 0.3) is 11.0 Å². The number of allylic oxidation sites excluding steroid dienone is 4. The molecule has 5 heteroatoms. The van der Waals surface area contributed by atoms with Crippen LogP contribution >= 0.6 is 0 Å². The molecule has 0 N–H and O–H groups in total. The van der Waals surface area contributed by atoms with E-state index in [0.29, 0.717) is 11.0 Å². The number of fused-ring (bicyclic) bond motifs is 1. The summed E-state index contributed by atoms with van der Waals surface area (Å²) < 4.78 is 5.25. The minimum Gasteiger partial charge on any atom is -0.872 e. The van der Waals surface area contributed by atoms with Gasteiger partial charge in [-0.05, 0) is 18.6 Å². The van der Waals surface area contributed by atoms with Crippen molar-refractivity contribution >= 4 is 16.8 Å². The van der Waals surface area contributed by atoms with Crippen LogP contribution in [0.5, 0.6) is 5.75 Å². The maximum atomic E-state index is 12.7. The van der Waals surface area contributed by atoms with Gasteiger partial charge in [-0.3, -0.25) is 4.79 Å². The molecule has 0 spiro atoms. The minimum atomic E-state index is -0.725. The van der Waals surface area contributed by atoms with Crippen molar-refractivity contribution in [3.8, 4) is 5.75 Å². The van der Waals surface area contributed by atoms with E-state index in [1.807, 2.05) is 0 Å². The van der Waals surface area contributed by atoms with Gasteiger partial charge in [0.25, 0.3) is 0 Å². The van der Waals surface area contributed by atoms with Crippen LogP contribution in [0.2, 0.25) is 0 Å². The number of carbonyl (C=O) groups is 1. The monoisotopic (exact) mass is 332 g/mol. The largest absolute Gasteiger partial charge is 1.00 e. The molecule has 2 aromatic rings. The van der Waals surface area contributed by atoms with Gasteiger partial charge >= 0.3 is 35.2 Å². The zero-order valence-electron chi connectivity index (χ0n) is 13.9. The topological polar surface area (TPSA) is 70.3 Å². The maximum absolute atomic E-state index is 12.7. The zero-order chi connectivity index (χ0) is 17.0. The van der Waals surface area contributed by atoms with Gasteiger partial charge in [-0.15, -0.1) is 0 Å². The summed E-state index contributed by atoms with van der Waals surface area (Å²) in [4.78, 5) is 24.0. The van der Waals surface area contributed by atoms with Gasteiger partial charge in [0.05, 0.1) is 0 Å². The van der Waals surface area contributed by atoms with Crippen LogP contribution in [0.1, 0.15) is 24.8 Å². The number of benzene rings is 1. The Hall–Kier alpha value is -1.88. The summed E-state index contributed by atoms with van der Waals surface area (Å²) >= 11 is 0. The standard InChI is InChI=1S/C19H18O4.Na/c1-4-8-13(5-2)15(11-12(3)20)17-18(21)14-9-6-7-10-16(14)23-19(17)22;/h4-10,15,21H,1-2,11H2,3H3;/q;+1/p-1/b13-8+;. The molecule has 24 heavy (non-hydrogen) atoms. The fourth-order valence-electron chi connectivity index (χ4n) is 2.57. The van der Waals surface area contributed by atoms with Crippen molar-refractivity contribution in [1.82, 2.24) is 0 Å². The van der Waals surface area contributed by atoms with Crippen LogP contribution in [0.4, 0.5) is 0 Å². The summed E-state index contributed by atoms with van der Waals surface area (Å²) in [6.45, 7) is 8.71. The first kappa shape index (κ1) is 20.2. The van der Waals surface area contributed by atoms with Crippen LogP contribution in [0.15, 0.2) is 70.4 Å². The fraction of sp³-hybridized carbons (Fsp3) is 0.158. The molecule has 0 aliphatic carbocycles. The van der Waals surface area contributed by atoms with Crippen molar-refractivity contribution in [3.05, 3.63) is 77.2 Å². The Morgan fingerprint density at radius 1 is 1.33 bits per heavy atom. The third-order valence-corrected chi connectivity index (χ3v) is 3.59. The van der Waals surface area contributed by atoms with Crippen molar-refractivity contribution in [1.29, 1.82) is 0 Å². The molecule has 1 aromatic heterocycles. The van der Waals surface area contributed by atoms with Crippen molar-refractivity contribution in [2.24, 2.45) is 0 Å². The second kappa shape index (κ2) is 8.83. The predicted molar refractivity (Wildman–Crippen MR) is 88.4 cm³/mol. The van der Waals surface area contributed by atoms with E-state index in [0.717, 1.165) is 0 Å². The van der Waals surface area contributed by atoms with Crippen LogP contribution < -0.4 is 40.3 Å². The van der Waals surface area contributed by atoms with E-state index in [4.69, 9.17) is 4.42 Å². The molecule has 0 radical (unpaired) electrons. The molecule has 0 bridgehead atoms. The fourth-order valence-corrected chi connectivity index (χ4v) is 2.57. The SMILES string of the molecule is C=C/C=C(\C=C)C(CC(C)=O)c1c([O-])c2ccccc2oc1=O.[Na+]. The van der Waals surface area contributed by atoms with Gasteiger partial charge in [0.2, 0.25) is 0 Å². The molecule has 1 unspecified atom stereocenters. The first-order valence-electron chi connectivity index (χ1n) is 7.16. The molecule has 0 fully saturated rings. The minimum absolute atomic E-state index is 0. The number of para-hydroxylation sites is 1. The molecular formula is C19H17NaO4. The average Bonchev–Trinajstić information content (AvgIpc) is 2.51. The molecule has 1 atom stereocenters. The number of carbonyl (C=O) groups excluding carboxylic acids is 1. The van der Waals surface area contributed by atoms with Crippen LogP contribution in [-0.2, 0) is 4.79 Å². The van der Waals surface area contributed by atoms with E-state index in [2.05, 4.69) is 13.2 Å². The van der Waals surface area contributed by atoms with Crippen molar-refractivity contribution < 1.29 is 43.9 Å². The van der Waals surface area contributed by atoms with Gasteiger partial charge in [0.1, 0.15) is 11.4 Å². The second-order valence-corrected chi connectivity index (χ2v) is 5.19. The molecule has 0 saturated carbocycles. The Labute approximate surface area is 162 Å². The van der Waals surface area contributed by atoms with E-state index < -0.39 is 17.3 Å². The molecule has 4 nitrogen and oxygen atoms in total. The van der Waals surface area contributed by atoms with Gasteiger partial charge in [0.15, 0.2) is 0 Å². The zero-order valence-corrected chi connectivity index (χ0v) is 15.9. The van der Waals surface area contributed by atoms with Gasteiger partial charge in [-0.25, -0.2) is 4.79 Å². The summed E-state index contributed by atoms with van der Waals surface area (Å²) in [5.74, 6) is -1.25. The summed E-state index contributed by atoms with van der Waals surface area (Å²) in [5.41, 5.74) is 0.0409. The molecule has 0 amide bonds. The van der Waals surface area contributed by atoms with Crippen molar-refractivity contribution in [2.45, 2.75) is 19.3 Å².